The van der Waals surface area contributed by atoms with Crippen LogP contribution in [0.25, 0.3) is 0 Å². The molecule has 1 aliphatic rings. The number of aliphatic hydroxyl groups is 3. The third-order valence-electron chi connectivity index (χ3n) is 12.5. The van der Waals surface area contributed by atoms with Gasteiger partial charge >= 0.3 is 48.6 Å². The quantitative estimate of drug-likeness (QED) is 0.0187. The Labute approximate surface area is 576 Å². The summed E-state index contributed by atoms with van der Waals surface area (Å²) in [7, 11) is 4.30. The number of ether oxygens (including phenoxy) is 9. The number of rotatable bonds is 27. The fourth-order valence-electron chi connectivity index (χ4n) is 7.95. The zero-order chi connectivity index (χ0) is 83.2. The molecule has 0 spiro atoms. The van der Waals surface area contributed by atoms with Gasteiger partial charge in [0, 0.05) is 53.7 Å². The smallest absolute Gasteiger partial charge is 0.408 e. The topological polar surface area (TPSA) is 287 Å². The highest BCUT2D eigenvalue weighted by Crippen LogP contribution is 2.43. The van der Waals surface area contributed by atoms with Gasteiger partial charge in [0.05, 0.1) is 62.2 Å². The second kappa shape index (κ2) is 36.6. The molecule has 8 atom stereocenters. The molecule has 4 unspecified atom stereocenters. The van der Waals surface area contributed by atoms with Crippen molar-refractivity contribution in [2.75, 3.05) is 28.4 Å². The summed E-state index contributed by atoms with van der Waals surface area (Å²) in [4.78, 5) is 45.9. The molecule has 8 aromatic rings. The van der Waals surface area contributed by atoms with Crippen LogP contribution in [0, 0.1) is 0 Å². The molecule has 100 heavy (non-hydrogen) atoms. The summed E-state index contributed by atoms with van der Waals surface area (Å²) in [6.45, 7) is -16.8. The number of aromatic nitrogens is 8. The largest absolute Gasteiger partial charge is 0.487 e. The molecule has 3 N–H and O–H groups in total. The molecule has 24 nitrogen and oxygen atoms in total. The lowest BCUT2D eigenvalue weighted by Crippen LogP contribution is -2.24. The highest BCUT2D eigenvalue weighted by atomic mass is 19.4. The molecule has 0 radical (unpaired) electrons. The first-order valence-electron chi connectivity index (χ1n) is 34.0. The second-order valence-corrected chi connectivity index (χ2v) is 19.8. The number of esters is 4. The highest BCUT2D eigenvalue weighted by Gasteiger charge is 2.48. The standard InChI is InChI=1S/C16H15F3N2O4.3C16H17F3N2O4/c1-23-15(22)14-13(25-14)11-4-2-3-5-12(11)24-8-10-6-7-20-21(10)9-16(17,18)19;3*1-24-15(23)13(22)8-11-4-2-3-5-14(11)25-9-12-6-7-20-21(12)10-16(17,18)19/h2-7,13-14H,8-9H2,1H3;3*2-7,13,22H,8-10H2,1H3/t;2*13-;/m.10./s1/i8D2;3*8D,9D2/t;2*8-,13-;. The second-order valence-electron chi connectivity index (χ2n) is 19.8. The van der Waals surface area contributed by atoms with Crippen molar-refractivity contribution in [3.05, 3.63) is 191 Å². The van der Waals surface area contributed by atoms with Crippen molar-refractivity contribution in [1.82, 2.24) is 39.1 Å². The number of para-hydroxylation sites is 4. The van der Waals surface area contributed by atoms with Crippen molar-refractivity contribution in [1.29, 1.82) is 0 Å². The maximum Gasteiger partial charge on any atom is 0.408 e. The predicted octanol–water partition coefficient (Wildman–Crippen LogP) is 8.94. The van der Waals surface area contributed by atoms with Gasteiger partial charge in [-0.3, -0.25) is 18.7 Å². The molecule has 1 aliphatic heterocycles. The van der Waals surface area contributed by atoms with Gasteiger partial charge in [-0.25, -0.2) is 19.2 Å². The molecule has 1 saturated heterocycles. The van der Waals surface area contributed by atoms with Crippen molar-refractivity contribution in [2.45, 2.75) is 127 Å². The van der Waals surface area contributed by atoms with Crippen LogP contribution < -0.4 is 18.9 Å². The summed E-state index contributed by atoms with van der Waals surface area (Å²) in [5.41, 5.74) is -1.63. The first-order chi connectivity index (χ1) is 51.5. The van der Waals surface area contributed by atoms with E-state index in [4.69, 9.17) is 38.8 Å². The minimum absolute atomic E-state index is 0.0404. The van der Waals surface area contributed by atoms with E-state index in [2.05, 4.69) is 39.3 Å². The maximum absolute atomic E-state index is 12.7. The molecule has 9 rings (SSSR count). The minimum Gasteiger partial charge on any atom is -0.487 e. The zero-order valence-corrected chi connectivity index (χ0v) is 52.1. The van der Waals surface area contributed by atoms with Gasteiger partial charge < -0.3 is 58.0 Å². The number of carbonyl (C=O) groups excluding carboxylic acids is 4. The number of halogens is 12. The average molecular weight is 1440 g/mol. The van der Waals surface area contributed by atoms with Crippen LogP contribution in [0.2, 0.25) is 0 Å². The Bertz CT molecular complexity index is 4100. The molecular weight excluding hydrogens is 1360 g/mol. The van der Waals surface area contributed by atoms with Crippen molar-refractivity contribution < 1.29 is 145 Å². The summed E-state index contributed by atoms with van der Waals surface area (Å²) in [6, 6.07) is 26.9. The van der Waals surface area contributed by atoms with Gasteiger partial charge in [0.2, 0.25) is 0 Å². The van der Waals surface area contributed by atoms with Crippen LogP contribution in [0.1, 0.15) is 66.2 Å². The van der Waals surface area contributed by atoms with Gasteiger partial charge in [0.15, 0.2) is 24.4 Å². The molecule has 542 valence electrons. The van der Waals surface area contributed by atoms with E-state index >= 15 is 0 Å². The van der Waals surface area contributed by atoms with Crippen molar-refractivity contribution in [2.24, 2.45) is 0 Å². The Balaban J connectivity index is 0.000000231. The number of aliphatic hydroxyl groups excluding tert-OH is 3. The van der Waals surface area contributed by atoms with Gasteiger partial charge in [-0.15, -0.1) is 0 Å². The van der Waals surface area contributed by atoms with E-state index in [9.17, 15) is 87.2 Å². The van der Waals surface area contributed by atoms with E-state index < -0.39 is 173 Å². The van der Waals surface area contributed by atoms with E-state index in [1.54, 1.807) is 18.2 Å². The number of benzene rings is 4. The Morgan fingerprint density at radius 3 is 0.950 bits per heavy atom. The Hall–Kier alpha value is -10.2. The van der Waals surface area contributed by atoms with Gasteiger partial charge in [-0.2, -0.15) is 73.1 Å². The van der Waals surface area contributed by atoms with Crippen molar-refractivity contribution in [3.8, 4) is 23.0 Å². The minimum atomic E-state index is -4.62. The number of methoxy groups -OCH3 is 4. The molecule has 1 fully saturated rings. The summed E-state index contributed by atoms with van der Waals surface area (Å²) in [5.74, 6) is -4.43. The average Bonchev–Trinajstić information content (AvgIpc) is 1.67. The first-order valence-corrected chi connectivity index (χ1v) is 28.3. The molecule has 0 aliphatic carbocycles. The first kappa shape index (κ1) is 63.3. The number of nitrogens with zero attached hydrogens (tertiary/aromatic N) is 8. The molecule has 0 amide bonds. The van der Waals surface area contributed by atoms with E-state index in [1.165, 1.54) is 86.0 Å². The summed E-state index contributed by atoms with van der Waals surface area (Å²) in [6.07, 6.45) is -26.2. The normalized spacial score (nSPS) is 17.5. The zero-order valence-electron chi connectivity index (χ0n) is 63.1. The molecule has 4 aromatic heterocycles. The molecule has 0 bridgehead atoms. The number of carbonyl (C=O) groups is 4. The fourth-order valence-corrected chi connectivity index (χ4v) is 7.95. The van der Waals surface area contributed by atoms with E-state index in [-0.39, 0.29) is 39.7 Å². The van der Waals surface area contributed by atoms with E-state index in [1.807, 2.05) is 0 Å². The maximum atomic E-state index is 12.7. The lowest BCUT2D eigenvalue weighted by molar-refractivity contribution is -0.150. The summed E-state index contributed by atoms with van der Waals surface area (Å²) in [5, 5.41) is 43.5. The lowest BCUT2D eigenvalue weighted by atomic mass is 10.1. The van der Waals surface area contributed by atoms with Crippen molar-refractivity contribution in [3.63, 3.8) is 0 Å². The van der Waals surface area contributed by atoms with Gasteiger partial charge in [-0.05, 0) is 65.2 Å². The van der Waals surface area contributed by atoms with Crippen LogP contribution in [0.15, 0.2) is 146 Å². The number of epoxide rings is 1. The van der Waals surface area contributed by atoms with E-state index in [0.717, 1.165) is 70.4 Å². The monoisotopic (exact) mass is 1440 g/mol. The number of alkyl halides is 12. The Morgan fingerprint density at radius 2 is 0.680 bits per heavy atom. The van der Waals surface area contributed by atoms with Gasteiger partial charge in [0.1, 0.15) is 81.5 Å². The third-order valence-corrected chi connectivity index (χ3v) is 12.5. The van der Waals surface area contributed by atoms with Crippen LogP contribution in [0.3, 0.4) is 0 Å². The van der Waals surface area contributed by atoms with Gasteiger partial charge in [-0.1, -0.05) is 72.8 Å². The van der Waals surface area contributed by atoms with Crippen LogP contribution in [0.5, 0.6) is 23.0 Å². The summed E-state index contributed by atoms with van der Waals surface area (Å²) < 4.78 is 286. The van der Waals surface area contributed by atoms with E-state index in [0.29, 0.717) is 24.3 Å². The molecule has 4 aromatic carbocycles. The number of hydrogen-bond donors (Lipinski definition) is 3. The third kappa shape index (κ3) is 25.9. The Morgan fingerprint density at radius 1 is 0.420 bits per heavy atom. The number of hydrogen-bond acceptors (Lipinski definition) is 20. The van der Waals surface area contributed by atoms with Crippen LogP contribution in [-0.4, -0.2) is 156 Å². The predicted molar refractivity (Wildman–Crippen MR) is 321 cm³/mol. The molecule has 5 heterocycles. The fraction of sp³-hybridized carbons (Fsp3) is 0.375. The Kier molecular flexibility index (Phi) is 23.1. The van der Waals surface area contributed by atoms with Crippen LogP contribution in [0.4, 0.5) is 52.7 Å². The molecule has 0 saturated carbocycles. The SMILES string of the molecule is [2H]C([2H])(Oc1ccccc1C1OC1C(=O)OC)c1ccnn1CC(F)(F)F.[2H]C(c1ccccc1OC([2H])([2H])c1ccnn1CC(F)(F)F)C(O)C(=O)OC.[2H][C@@H](c1ccccc1OC([2H])([2H])c1ccnn1CC(F)(F)F)[C@H](O)C(=O)OC.[2H][C@H](c1ccccc1OC([2H])([2H])c1ccnn1CC(F)(F)F)[C@@H](O)C(=O)OC. The lowest BCUT2D eigenvalue weighted by Gasteiger charge is -2.15. The molecule has 36 heteroatoms. The van der Waals surface area contributed by atoms with Crippen molar-refractivity contribution >= 4 is 23.9 Å². The van der Waals surface area contributed by atoms with Gasteiger partial charge in [0.25, 0.3) is 0 Å². The molecular formula is C64H66F12N8O16. The van der Waals surface area contributed by atoms with Crippen LogP contribution >= 0.6 is 0 Å². The summed E-state index contributed by atoms with van der Waals surface area (Å²) >= 11 is 0. The van der Waals surface area contributed by atoms with Crippen LogP contribution in [-0.2, 0) is 114 Å². The highest BCUT2D eigenvalue weighted by molar-refractivity contribution is 5.78.